The molecule has 23 heavy (non-hydrogen) atoms. The molecule has 0 aromatic heterocycles. The van der Waals surface area contributed by atoms with E-state index >= 15 is 0 Å². The highest BCUT2D eigenvalue weighted by molar-refractivity contribution is 6.74. The lowest BCUT2D eigenvalue weighted by Crippen LogP contribution is -2.53. The summed E-state index contributed by atoms with van der Waals surface area (Å²) in [7, 11) is -1.81. The molecule has 0 amide bonds. The SMILES string of the molecule is CC1(C)CCC[C@]2(C)CC(=O)[C@@H](CO[Si](C)(C)C(C)(C)C)[C@]12C. The number of rotatable bonds is 3. The average molecular weight is 339 g/mol. The Hall–Kier alpha value is -0.153. The highest BCUT2D eigenvalue weighted by atomic mass is 28.4. The number of fused-ring (bicyclic) bond motifs is 1. The molecule has 0 aromatic carbocycles. The molecule has 134 valence electrons. The first-order valence-electron chi connectivity index (χ1n) is 9.35. The molecule has 3 heteroatoms. The lowest BCUT2D eigenvalue weighted by Gasteiger charge is -2.58. The van der Waals surface area contributed by atoms with Gasteiger partial charge in [0.15, 0.2) is 8.32 Å². The largest absolute Gasteiger partial charge is 0.416 e. The van der Waals surface area contributed by atoms with Crippen molar-refractivity contribution < 1.29 is 9.22 Å². The second-order valence-corrected chi connectivity index (χ2v) is 15.6. The summed E-state index contributed by atoms with van der Waals surface area (Å²) in [6.07, 6.45) is 4.42. The molecule has 0 radical (unpaired) electrons. The molecule has 3 atom stereocenters. The van der Waals surface area contributed by atoms with Crippen LogP contribution in [0.3, 0.4) is 0 Å². The fourth-order valence-electron chi connectivity index (χ4n) is 5.02. The predicted molar refractivity (Wildman–Crippen MR) is 100 cm³/mol. The number of hydrogen-bond donors (Lipinski definition) is 0. The van der Waals surface area contributed by atoms with Gasteiger partial charge in [-0.3, -0.25) is 4.79 Å². The Balaban J connectivity index is 2.30. The zero-order chi connectivity index (χ0) is 17.9. The summed E-state index contributed by atoms with van der Waals surface area (Å²) in [4.78, 5) is 12.9. The number of hydrogen-bond acceptors (Lipinski definition) is 2. The van der Waals surface area contributed by atoms with Crippen molar-refractivity contribution >= 4 is 14.1 Å². The first-order chi connectivity index (χ1) is 10.2. The molecule has 0 saturated heterocycles. The van der Waals surface area contributed by atoms with Crippen LogP contribution in [-0.4, -0.2) is 20.7 Å². The van der Waals surface area contributed by atoms with E-state index in [0.717, 1.165) is 6.42 Å². The highest BCUT2D eigenvalue weighted by Crippen LogP contribution is 2.68. The maximum absolute atomic E-state index is 12.9. The van der Waals surface area contributed by atoms with Gasteiger partial charge in [0.2, 0.25) is 0 Å². The molecule has 2 saturated carbocycles. The van der Waals surface area contributed by atoms with Crippen molar-refractivity contribution in [3.8, 4) is 0 Å². The molecular weight excluding hydrogens is 300 g/mol. The van der Waals surface area contributed by atoms with Gasteiger partial charge in [-0.1, -0.05) is 54.9 Å². The smallest absolute Gasteiger partial charge is 0.192 e. The van der Waals surface area contributed by atoms with Gasteiger partial charge in [0, 0.05) is 18.9 Å². The maximum Gasteiger partial charge on any atom is 0.192 e. The van der Waals surface area contributed by atoms with Gasteiger partial charge in [0.1, 0.15) is 5.78 Å². The third-order valence-corrected chi connectivity index (χ3v) is 12.8. The second kappa shape index (κ2) is 5.42. The van der Waals surface area contributed by atoms with Gasteiger partial charge < -0.3 is 4.43 Å². The first-order valence-corrected chi connectivity index (χ1v) is 12.3. The van der Waals surface area contributed by atoms with Crippen LogP contribution in [0.25, 0.3) is 0 Å². The average Bonchev–Trinajstić information content (AvgIpc) is 2.54. The van der Waals surface area contributed by atoms with E-state index in [1.165, 1.54) is 19.3 Å². The van der Waals surface area contributed by atoms with Crippen molar-refractivity contribution in [1.29, 1.82) is 0 Å². The molecule has 2 nitrogen and oxygen atoms in total. The lowest BCUT2D eigenvalue weighted by atomic mass is 9.46. The van der Waals surface area contributed by atoms with Crippen molar-refractivity contribution in [2.24, 2.45) is 22.2 Å². The topological polar surface area (TPSA) is 26.3 Å². The van der Waals surface area contributed by atoms with E-state index in [9.17, 15) is 4.79 Å². The molecule has 2 rings (SSSR count). The predicted octanol–water partition coefficient (Wildman–Crippen LogP) is 5.82. The van der Waals surface area contributed by atoms with E-state index in [1.807, 2.05) is 0 Å². The van der Waals surface area contributed by atoms with Gasteiger partial charge in [0.05, 0.1) is 0 Å². The molecule has 0 unspecified atom stereocenters. The molecule has 2 fully saturated rings. The van der Waals surface area contributed by atoms with Crippen LogP contribution in [0.15, 0.2) is 0 Å². The lowest BCUT2D eigenvalue weighted by molar-refractivity contribution is -0.130. The fraction of sp³-hybridized carbons (Fsp3) is 0.950. The van der Waals surface area contributed by atoms with Crippen LogP contribution in [-0.2, 0) is 9.22 Å². The van der Waals surface area contributed by atoms with Gasteiger partial charge in [-0.15, -0.1) is 0 Å². The Labute approximate surface area is 144 Å². The van der Waals surface area contributed by atoms with Crippen molar-refractivity contribution in [3.05, 3.63) is 0 Å². The zero-order valence-electron chi connectivity index (χ0n) is 16.9. The van der Waals surface area contributed by atoms with E-state index < -0.39 is 8.32 Å². The summed E-state index contributed by atoms with van der Waals surface area (Å²) in [5, 5.41) is 0.195. The van der Waals surface area contributed by atoms with Crippen LogP contribution in [0.4, 0.5) is 0 Å². The summed E-state index contributed by atoms with van der Waals surface area (Å²) in [5.74, 6) is 0.514. The number of carbonyl (C=O) groups excluding carboxylic acids is 1. The number of Topliss-reactive ketones (excluding diaryl/α,β-unsaturated/α-hetero) is 1. The van der Waals surface area contributed by atoms with E-state index in [-0.39, 0.29) is 27.2 Å². The standard InChI is InChI=1S/C20H38O2Si/c1-17(2,3)23(8,9)22-14-15-16(21)13-19(6)12-10-11-18(4,5)20(15,19)7/h15H,10-14H2,1-9H3/t15-,19-,20-/m1/s1. The minimum absolute atomic E-state index is 0.0533. The van der Waals surface area contributed by atoms with Crippen LogP contribution in [0.1, 0.15) is 74.1 Å². The number of carbonyl (C=O) groups is 1. The molecule has 0 spiro atoms. The van der Waals surface area contributed by atoms with Gasteiger partial charge in [-0.05, 0) is 47.2 Å². The Morgan fingerprint density at radius 3 is 2.22 bits per heavy atom. The summed E-state index contributed by atoms with van der Waals surface area (Å²) in [6.45, 7) is 21.5. The van der Waals surface area contributed by atoms with Crippen molar-refractivity contribution in [1.82, 2.24) is 0 Å². The van der Waals surface area contributed by atoms with E-state index in [0.29, 0.717) is 12.4 Å². The summed E-state index contributed by atoms with van der Waals surface area (Å²) < 4.78 is 6.52. The Kier molecular flexibility index (Phi) is 4.52. The molecular formula is C20H38O2Si. The highest BCUT2D eigenvalue weighted by Gasteiger charge is 2.65. The van der Waals surface area contributed by atoms with Gasteiger partial charge in [-0.25, -0.2) is 0 Å². The third kappa shape index (κ3) is 2.76. The Bertz CT molecular complexity index is 488. The molecule has 0 bridgehead atoms. The van der Waals surface area contributed by atoms with E-state index in [2.05, 4.69) is 61.6 Å². The Morgan fingerprint density at radius 1 is 1.13 bits per heavy atom. The zero-order valence-corrected chi connectivity index (χ0v) is 17.9. The maximum atomic E-state index is 12.9. The second-order valence-electron chi connectivity index (χ2n) is 10.8. The van der Waals surface area contributed by atoms with Crippen molar-refractivity contribution in [3.63, 3.8) is 0 Å². The first kappa shape index (κ1) is 19.2. The molecule has 0 heterocycles. The van der Waals surface area contributed by atoms with Gasteiger partial charge >= 0.3 is 0 Å². The van der Waals surface area contributed by atoms with Crippen molar-refractivity contribution in [2.45, 2.75) is 92.3 Å². The van der Waals surface area contributed by atoms with Gasteiger partial charge in [-0.2, -0.15) is 0 Å². The Morgan fingerprint density at radius 2 is 1.70 bits per heavy atom. The third-order valence-electron chi connectivity index (χ3n) is 8.26. The van der Waals surface area contributed by atoms with Crippen LogP contribution in [0, 0.1) is 22.2 Å². The monoisotopic (exact) mass is 338 g/mol. The van der Waals surface area contributed by atoms with Crippen LogP contribution >= 0.6 is 0 Å². The minimum Gasteiger partial charge on any atom is -0.416 e. The van der Waals surface area contributed by atoms with E-state index in [4.69, 9.17) is 4.43 Å². The molecule has 2 aliphatic carbocycles. The molecule has 0 aliphatic heterocycles. The van der Waals surface area contributed by atoms with Gasteiger partial charge in [0.25, 0.3) is 0 Å². The number of ketones is 1. The van der Waals surface area contributed by atoms with Crippen molar-refractivity contribution in [2.75, 3.05) is 6.61 Å². The minimum atomic E-state index is -1.81. The molecule has 0 aromatic rings. The normalized spacial score (nSPS) is 37.8. The van der Waals surface area contributed by atoms with Crippen LogP contribution in [0.5, 0.6) is 0 Å². The summed E-state index contributed by atoms with van der Waals surface area (Å²) in [5.41, 5.74) is 0.401. The quantitative estimate of drug-likeness (QED) is 0.606. The molecule has 0 N–H and O–H groups in total. The fourth-order valence-corrected chi connectivity index (χ4v) is 6.03. The molecule has 2 aliphatic rings. The summed E-state index contributed by atoms with van der Waals surface area (Å²) in [6, 6.07) is 0. The van der Waals surface area contributed by atoms with Crippen LogP contribution in [0.2, 0.25) is 18.1 Å². The summed E-state index contributed by atoms with van der Waals surface area (Å²) >= 11 is 0. The van der Waals surface area contributed by atoms with Crippen LogP contribution < -0.4 is 0 Å². The van der Waals surface area contributed by atoms with E-state index in [1.54, 1.807) is 0 Å².